The van der Waals surface area contributed by atoms with Gasteiger partial charge in [-0.1, -0.05) is 0 Å². The Bertz CT molecular complexity index is 377. The van der Waals surface area contributed by atoms with Gasteiger partial charge in [0.25, 0.3) is 0 Å². The van der Waals surface area contributed by atoms with Gasteiger partial charge in [-0.2, -0.15) is 0 Å². The number of hydrogen-bond acceptors (Lipinski definition) is 4. The molecule has 0 spiro atoms. The Kier molecular flexibility index (Phi) is 5.22. The summed E-state index contributed by atoms with van der Waals surface area (Å²) in [5.41, 5.74) is 0. The summed E-state index contributed by atoms with van der Waals surface area (Å²) in [4.78, 5) is 0. The molecule has 0 aromatic heterocycles. The van der Waals surface area contributed by atoms with Gasteiger partial charge in [0.15, 0.2) is 0 Å². The number of ether oxygens (including phenoxy) is 1. The summed E-state index contributed by atoms with van der Waals surface area (Å²) in [5, 5.41) is 2.90. The molecule has 0 aliphatic heterocycles. The lowest BCUT2D eigenvalue weighted by Gasteiger charge is -2.22. The number of nitrogens with one attached hydrogen (secondary N) is 1. The Labute approximate surface area is 116 Å². The number of rotatable bonds is 10. The van der Waals surface area contributed by atoms with Gasteiger partial charge >= 0.3 is 0 Å². The van der Waals surface area contributed by atoms with E-state index < -0.39 is 10.0 Å². The fourth-order valence-electron chi connectivity index (χ4n) is 1.89. The van der Waals surface area contributed by atoms with E-state index in [0.29, 0.717) is 25.7 Å². The Balaban J connectivity index is 1.65. The predicted octanol–water partition coefficient (Wildman–Crippen LogP) is 0.815. The molecule has 6 heteroatoms. The number of likely N-dealkylation sites (N-methyl/N-ethyl adjacent to an activating group) is 1. The van der Waals surface area contributed by atoms with E-state index in [1.807, 2.05) is 0 Å². The van der Waals surface area contributed by atoms with Gasteiger partial charge in [0.2, 0.25) is 10.0 Å². The molecule has 2 aliphatic carbocycles. The first kappa shape index (κ1) is 15.2. The van der Waals surface area contributed by atoms with Crippen molar-refractivity contribution in [3.63, 3.8) is 0 Å². The molecule has 19 heavy (non-hydrogen) atoms. The SMILES string of the molecule is CC(CNC1CC1)S(=O)(=O)N(C)CCOCC1CC1. The number of hydrogen-bond donors (Lipinski definition) is 1. The first-order valence-corrected chi connectivity index (χ1v) is 8.76. The zero-order valence-corrected chi connectivity index (χ0v) is 12.8. The van der Waals surface area contributed by atoms with Crippen molar-refractivity contribution in [2.24, 2.45) is 5.92 Å². The minimum atomic E-state index is -3.20. The molecule has 0 aromatic carbocycles. The van der Waals surface area contributed by atoms with Crippen LogP contribution in [-0.4, -0.2) is 57.4 Å². The van der Waals surface area contributed by atoms with Crippen molar-refractivity contribution >= 4 is 10.0 Å². The molecule has 0 amide bonds. The van der Waals surface area contributed by atoms with E-state index in [-0.39, 0.29) is 5.25 Å². The van der Waals surface area contributed by atoms with Crippen LogP contribution in [-0.2, 0) is 14.8 Å². The molecule has 2 fully saturated rings. The van der Waals surface area contributed by atoms with E-state index in [2.05, 4.69) is 5.32 Å². The fourth-order valence-corrected chi connectivity index (χ4v) is 3.14. The van der Waals surface area contributed by atoms with Crippen molar-refractivity contribution < 1.29 is 13.2 Å². The highest BCUT2D eigenvalue weighted by atomic mass is 32.2. The molecule has 0 saturated heterocycles. The highest BCUT2D eigenvalue weighted by Gasteiger charge is 2.28. The van der Waals surface area contributed by atoms with Crippen LogP contribution in [0.1, 0.15) is 32.6 Å². The molecular weight excluding hydrogens is 264 g/mol. The van der Waals surface area contributed by atoms with Gasteiger partial charge in [-0.3, -0.25) is 0 Å². The average molecular weight is 290 g/mol. The lowest BCUT2D eigenvalue weighted by molar-refractivity contribution is 0.117. The molecule has 0 aromatic rings. The number of sulfonamides is 1. The van der Waals surface area contributed by atoms with E-state index in [1.54, 1.807) is 14.0 Å². The van der Waals surface area contributed by atoms with Crippen LogP contribution in [0, 0.1) is 5.92 Å². The largest absolute Gasteiger partial charge is 0.380 e. The van der Waals surface area contributed by atoms with Gasteiger partial charge in [-0.25, -0.2) is 12.7 Å². The van der Waals surface area contributed by atoms with Gasteiger partial charge in [0, 0.05) is 32.8 Å². The fraction of sp³-hybridized carbons (Fsp3) is 1.00. The predicted molar refractivity (Wildman–Crippen MR) is 75.6 cm³/mol. The van der Waals surface area contributed by atoms with E-state index >= 15 is 0 Å². The lowest BCUT2D eigenvalue weighted by Crippen LogP contribution is -2.41. The molecule has 1 atom stereocenters. The highest BCUT2D eigenvalue weighted by molar-refractivity contribution is 7.89. The van der Waals surface area contributed by atoms with Crippen molar-refractivity contribution in [1.29, 1.82) is 0 Å². The first-order chi connectivity index (χ1) is 9.00. The van der Waals surface area contributed by atoms with Crippen LogP contribution in [0.15, 0.2) is 0 Å². The van der Waals surface area contributed by atoms with Gasteiger partial charge in [0.05, 0.1) is 11.9 Å². The second kappa shape index (κ2) is 6.52. The van der Waals surface area contributed by atoms with Gasteiger partial charge < -0.3 is 10.1 Å². The summed E-state index contributed by atoms with van der Waals surface area (Å²) in [6.07, 6.45) is 4.88. The highest BCUT2D eigenvalue weighted by Crippen LogP contribution is 2.28. The van der Waals surface area contributed by atoms with Gasteiger partial charge in [-0.15, -0.1) is 0 Å². The quantitative estimate of drug-likeness (QED) is 0.605. The summed E-state index contributed by atoms with van der Waals surface area (Å²) < 4.78 is 31.4. The Hall–Kier alpha value is -0.170. The molecule has 1 N–H and O–H groups in total. The third-order valence-corrected chi connectivity index (χ3v) is 6.05. The minimum absolute atomic E-state index is 0.374. The van der Waals surface area contributed by atoms with E-state index in [9.17, 15) is 8.42 Å². The van der Waals surface area contributed by atoms with Crippen LogP contribution in [0.3, 0.4) is 0 Å². The zero-order valence-electron chi connectivity index (χ0n) is 12.0. The molecule has 5 nitrogen and oxygen atoms in total. The molecule has 2 aliphatic rings. The Morgan fingerprint density at radius 2 is 2.00 bits per heavy atom. The van der Waals surface area contributed by atoms with Crippen LogP contribution in [0.5, 0.6) is 0 Å². The van der Waals surface area contributed by atoms with Crippen molar-refractivity contribution in [3.8, 4) is 0 Å². The summed E-state index contributed by atoms with van der Waals surface area (Å²) in [5.74, 6) is 0.726. The summed E-state index contributed by atoms with van der Waals surface area (Å²) in [7, 11) is -1.56. The lowest BCUT2D eigenvalue weighted by atomic mass is 10.4. The topological polar surface area (TPSA) is 58.6 Å². The second-order valence-corrected chi connectivity index (χ2v) is 8.34. The standard InChI is InChI=1S/C13H26N2O3S/c1-11(9-14-13-5-6-13)19(16,17)15(2)7-8-18-10-12-3-4-12/h11-14H,3-10H2,1-2H3. The minimum Gasteiger partial charge on any atom is -0.380 e. The first-order valence-electron chi connectivity index (χ1n) is 7.26. The second-order valence-electron chi connectivity index (χ2n) is 5.88. The molecule has 0 radical (unpaired) electrons. The molecule has 0 heterocycles. The molecule has 2 saturated carbocycles. The van der Waals surface area contributed by atoms with Crippen molar-refractivity contribution in [2.45, 2.75) is 43.9 Å². The van der Waals surface area contributed by atoms with Crippen LogP contribution in [0.25, 0.3) is 0 Å². The van der Waals surface area contributed by atoms with Gasteiger partial charge in [0.1, 0.15) is 0 Å². The van der Waals surface area contributed by atoms with Crippen LogP contribution < -0.4 is 5.32 Å². The zero-order chi connectivity index (χ0) is 13.9. The smallest absolute Gasteiger partial charge is 0.217 e. The molecule has 112 valence electrons. The molecule has 0 bridgehead atoms. The van der Waals surface area contributed by atoms with Crippen molar-refractivity contribution in [3.05, 3.63) is 0 Å². The maximum absolute atomic E-state index is 12.2. The van der Waals surface area contributed by atoms with E-state index in [4.69, 9.17) is 4.74 Å². The monoisotopic (exact) mass is 290 g/mol. The molecule has 2 rings (SSSR count). The van der Waals surface area contributed by atoms with Crippen molar-refractivity contribution in [2.75, 3.05) is 33.4 Å². The van der Waals surface area contributed by atoms with Crippen molar-refractivity contribution in [1.82, 2.24) is 9.62 Å². The van der Waals surface area contributed by atoms with Crippen LogP contribution in [0.4, 0.5) is 0 Å². The molecule has 1 unspecified atom stereocenters. The van der Waals surface area contributed by atoms with Crippen LogP contribution in [0.2, 0.25) is 0 Å². The third-order valence-electron chi connectivity index (χ3n) is 3.82. The normalized spacial score (nSPS) is 21.8. The third kappa shape index (κ3) is 5.02. The maximum atomic E-state index is 12.2. The van der Waals surface area contributed by atoms with Crippen LogP contribution >= 0.6 is 0 Å². The maximum Gasteiger partial charge on any atom is 0.217 e. The van der Waals surface area contributed by atoms with E-state index in [1.165, 1.54) is 30.0 Å². The summed E-state index contributed by atoms with van der Waals surface area (Å²) in [6.45, 7) is 4.04. The Morgan fingerprint density at radius 3 is 2.58 bits per heavy atom. The van der Waals surface area contributed by atoms with E-state index in [0.717, 1.165) is 12.5 Å². The number of nitrogens with zero attached hydrogens (tertiary/aromatic N) is 1. The molecular formula is C13H26N2O3S. The summed E-state index contributed by atoms with van der Waals surface area (Å²) in [6, 6.07) is 0.546. The summed E-state index contributed by atoms with van der Waals surface area (Å²) >= 11 is 0. The van der Waals surface area contributed by atoms with Gasteiger partial charge in [-0.05, 0) is 38.5 Å². The average Bonchev–Trinajstić information content (AvgIpc) is 3.25. The Morgan fingerprint density at radius 1 is 1.32 bits per heavy atom.